The molecule has 2 rings (SSSR count). The van der Waals surface area contributed by atoms with Crippen molar-refractivity contribution in [2.75, 3.05) is 0 Å². The third kappa shape index (κ3) is 3.23. The first kappa shape index (κ1) is 13.4. The largest absolute Gasteiger partial charge is 0.488 e. The van der Waals surface area contributed by atoms with Crippen molar-refractivity contribution in [3.8, 4) is 5.75 Å². The van der Waals surface area contributed by atoms with Gasteiger partial charge in [-0.2, -0.15) is 0 Å². The van der Waals surface area contributed by atoms with Crippen LogP contribution in [0.5, 0.6) is 5.75 Å². The van der Waals surface area contributed by atoms with Crippen LogP contribution < -0.4 is 4.74 Å². The molecule has 98 valence electrons. The second kappa shape index (κ2) is 6.20. The molecule has 0 saturated carbocycles. The number of hydrogen-bond donors (Lipinski definition) is 1. The van der Waals surface area contributed by atoms with Gasteiger partial charge in [-0.25, -0.2) is 4.39 Å². The van der Waals surface area contributed by atoms with Gasteiger partial charge in [-0.3, -0.25) is 0 Å². The molecular weight excluding hydrogens is 269 g/mol. The Balaban J connectivity index is 2.19. The summed E-state index contributed by atoms with van der Waals surface area (Å²) in [6, 6.07) is 11.4. The van der Waals surface area contributed by atoms with E-state index >= 15 is 0 Å². The van der Waals surface area contributed by atoms with E-state index in [9.17, 15) is 4.39 Å². The predicted molar refractivity (Wildman–Crippen MR) is 71.6 cm³/mol. The number of ether oxygens (including phenoxy) is 1. The molecule has 0 radical (unpaired) electrons. The first-order valence-corrected chi connectivity index (χ1v) is 5.92. The van der Waals surface area contributed by atoms with Crippen LogP contribution in [0.25, 0.3) is 0 Å². The number of hydrogen-bond acceptors (Lipinski definition) is 3. The van der Waals surface area contributed by atoms with Crippen LogP contribution in [0.15, 0.2) is 47.6 Å². The molecule has 0 bridgehead atoms. The van der Waals surface area contributed by atoms with E-state index in [0.29, 0.717) is 21.9 Å². The summed E-state index contributed by atoms with van der Waals surface area (Å²) in [4.78, 5) is 0. The van der Waals surface area contributed by atoms with Gasteiger partial charge in [-0.05, 0) is 24.3 Å². The number of benzene rings is 2. The van der Waals surface area contributed by atoms with E-state index in [0.717, 1.165) is 0 Å². The highest BCUT2D eigenvalue weighted by molar-refractivity contribution is 6.31. The predicted octanol–water partition coefficient (Wildman–Crippen LogP) is 3.87. The Morgan fingerprint density at radius 1 is 1.21 bits per heavy atom. The molecule has 1 N–H and O–H groups in total. The molecule has 2 aromatic rings. The second-order valence-electron chi connectivity index (χ2n) is 3.77. The number of nitrogens with zero attached hydrogens (tertiary/aromatic N) is 1. The molecule has 0 heterocycles. The van der Waals surface area contributed by atoms with Gasteiger partial charge in [0.25, 0.3) is 0 Å². The highest BCUT2D eigenvalue weighted by Crippen LogP contribution is 2.23. The summed E-state index contributed by atoms with van der Waals surface area (Å²) in [5.41, 5.74) is 0.886. The van der Waals surface area contributed by atoms with Crippen LogP contribution >= 0.6 is 11.6 Å². The molecule has 0 aromatic heterocycles. The first-order chi connectivity index (χ1) is 9.22. The van der Waals surface area contributed by atoms with Crippen LogP contribution in [0.1, 0.15) is 11.1 Å². The van der Waals surface area contributed by atoms with Gasteiger partial charge in [0.2, 0.25) is 0 Å². The molecular formula is C14H11ClFNO2. The number of para-hydroxylation sites is 1. The SMILES string of the molecule is ON=Cc1ccccc1OCc1c(F)cccc1Cl. The molecule has 5 heteroatoms. The highest BCUT2D eigenvalue weighted by Gasteiger charge is 2.08. The number of halogens is 2. The van der Waals surface area contributed by atoms with Crippen molar-refractivity contribution in [3.63, 3.8) is 0 Å². The Morgan fingerprint density at radius 2 is 2.00 bits per heavy atom. The van der Waals surface area contributed by atoms with Crippen LogP contribution in [0, 0.1) is 5.82 Å². The van der Waals surface area contributed by atoms with Gasteiger partial charge in [0.15, 0.2) is 0 Å². The topological polar surface area (TPSA) is 41.8 Å². The Morgan fingerprint density at radius 3 is 2.74 bits per heavy atom. The standard InChI is InChI=1S/C14H11ClFNO2/c15-12-5-3-6-13(16)11(12)9-19-14-7-2-1-4-10(14)8-17-18/h1-8,18H,9H2. The second-order valence-corrected chi connectivity index (χ2v) is 4.18. The fraction of sp³-hybridized carbons (Fsp3) is 0.0714. The van der Waals surface area contributed by atoms with Gasteiger partial charge in [0.1, 0.15) is 18.2 Å². The molecule has 0 fully saturated rings. The molecule has 0 atom stereocenters. The quantitative estimate of drug-likeness (QED) is 0.524. The monoisotopic (exact) mass is 279 g/mol. The van der Waals surface area contributed by atoms with Crippen molar-refractivity contribution in [2.24, 2.45) is 5.16 Å². The Bertz CT molecular complexity index is 581. The minimum Gasteiger partial charge on any atom is -0.488 e. The lowest BCUT2D eigenvalue weighted by Crippen LogP contribution is -2.01. The number of oxime groups is 1. The fourth-order valence-electron chi connectivity index (χ4n) is 1.60. The van der Waals surface area contributed by atoms with Crippen LogP contribution in [0.4, 0.5) is 4.39 Å². The average Bonchev–Trinajstić information content (AvgIpc) is 2.40. The van der Waals surface area contributed by atoms with Crippen molar-refractivity contribution >= 4 is 17.8 Å². The molecule has 0 aliphatic carbocycles. The Labute approximate surface area is 114 Å². The summed E-state index contributed by atoms with van der Waals surface area (Å²) < 4.78 is 19.1. The summed E-state index contributed by atoms with van der Waals surface area (Å²) >= 11 is 5.91. The summed E-state index contributed by atoms with van der Waals surface area (Å²) in [5, 5.41) is 11.8. The summed E-state index contributed by atoms with van der Waals surface area (Å²) in [7, 11) is 0. The van der Waals surface area contributed by atoms with Gasteiger partial charge < -0.3 is 9.94 Å². The Hall–Kier alpha value is -2.07. The zero-order chi connectivity index (χ0) is 13.7. The normalized spacial score (nSPS) is 10.8. The third-order valence-corrected chi connectivity index (χ3v) is 2.90. The molecule has 0 spiro atoms. The smallest absolute Gasteiger partial charge is 0.131 e. The van der Waals surface area contributed by atoms with Gasteiger partial charge in [-0.1, -0.05) is 35.0 Å². The van der Waals surface area contributed by atoms with Crippen molar-refractivity contribution in [2.45, 2.75) is 6.61 Å². The summed E-state index contributed by atoms with van der Waals surface area (Å²) in [6.45, 7) is 0.00177. The van der Waals surface area contributed by atoms with E-state index in [1.807, 2.05) is 0 Å². The Kier molecular flexibility index (Phi) is 4.36. The van der Waals surface area contributed by atoms with Crippen LogP contribution in [0.3, 0.4) is 0 Å². The van der Waals surface area contributed by atoms with Gasteiger partial charge in [0.05, 0.1) is 11.2 Å². The maximum Gasteiger partial charge on any atom is 0.131 e. The van der Waals surface area contributed by atoms with Gasteiger partial charge >= 0.3 is 0 Å². The van der Waals surface area contributed by atoms with Gasteiger partial charge in [0, 0.05) is 11.1 Å². The van der Waals surface area contributed by atoms with E-state index in [2.05, 4.69) is 5.16 Å². The van der Waals surface area contributed by atoms with E-state index in [-0.39, 0.29) is 6.61 Å². The maximum absolute atomic E-state index is 13.6. The first-order valence-electron chi connectivity index (χ1n) is 5.54. The minimum atomic E-state index is -0.416. The lowest BCUT2D eigenvalue weighted by molar-refractivity contribution is 0.298. The van der Waals surface area contributed by atoms with Gasteiger partial charge in [-0.15, -0.1) is 0 Å². The van der Waals surface area contributed by atoms with Crippen LogP contribution in [0.2, 0.25) is 5.02 Å². The highest BCUT2D eigenvalue weighted by atomic mass is 35.5. The zero-order valence-electron chi connectivity index (χ0n) is 9.88. The van der Waals surface area contributed by atoms with Crippen molar-refractivity contribution in [1.29, 1.82) is 0 Å². The molecule has 0 unspecified atom stereocenters. The van der Waals surface area contributed by atoms with Crippen molar-refractivity contribution in [3.05, 3.63) is 64.4 Å². The molecule has 0 aliphatic rings. The van der Waals surface area contributed by atoms with Crippen LogP contribution in [-0.2, 0) is 6.61 Å². The van der Waals surface area contributed by atoms with Crippen molar-refractivity contribution in [1.82, 2.24) is 0 Å². The lowest BCUT2D eigenvalue weighted by atomic mass is 10.2. The van der Waals surface area contributed by atoms with E-state index in [1.54, 1.807) is 30.3 Å². The molecule has 19 heavy (non-hydrogen) atoms. The minimum absolute atomic E-state index is 0.00177. The van der Waals surface area contributed by atoms with Crippen LogP contribution in [-0.4, -0.2) is 11.4 Å². The molecule has 3 nitrogen and oxygen atoms in total. The molecule has 2 aromatic carbocycles. The summed E-state index contributed by atoms with van der Waals surface area (Å²) in [6.07, 6.45) is 1.25. The summed E-state index contributed by atoms with van der Waals surface area (Å²) in [5.74, 6) is 0.0698. The van der Waals surface area contributed by atoms with E-state index in [4.69, 9.17) is 21.5 Å². The number of rotatable bonds is 4. The third-order valence-electron chi connectivity index (χ3n) is 2.55. The van der Waals surface area contributed by atoms with Crippen molar-refractivity contribution < 1.29 is 14.3 Å². The zero-order valence-corrected chi connectivity index (χ0v) is 10.6. The molecule has 0 amide bonds. The maximum atomic E-state index is 13.6. The lowest BCUT2D eigenvalue weighted by Gasteiger charge is -2.10. The average molecular weight is 280 g/mol. The fourth-order valence-corrected chi connectivity index (χ4v) is 1.82. The molecule has 0 aliphatic heterocycles. The van der Waals surface area contributed by atoms with E-state index < -0.39 is 5.82 Å². The molecule has 0 saturated heterocycles. The van der Waals surface area contributed by atoms with E-state index in [1.165, 1.54) is 18.3 Å².